The molecule has 1 aromatic rings. The second kappa shape index (κ2) is 9.30. The Morgan fingerprint density at radius 2 is 1.93 bits per heavy atom. The van der Waals surface area contributed by atoms with E-state index in [1.54, 1.807) is 0 Å². The van der Waals surface area contributed by atoms with Gasteiger partial charge in [0.1, 0.15) is 5.82 Å². The molecular weight excluding hydrogens is 387 g/mol. The van der Waals surface area contributed by atoms with Gasteiger partial charge in [0, 0.05) is 39.0 Å². The minimum Gasteiger partial charge on any atom is -0.350 e. The van der Waals surface area contributed by atoms with Crippen LogP contribution in [-0.4, -0.2) is 69.7 Å². The molecule has 2 aliphatic heterocycles. The molecule has 1 amide bonds. The lowest BCUT2D eigenvalue weighted by molar-refractivity contribution is -0.139. The van der Waals surface area contributed by atoms with Crippen LogP contribution in [0.1, 0.15) is 25.7 Å². The Labute approximate surface area is 165 Å². The smallest absolute Gasteiger partial charge is 0.242 e. The van der Waals surface area contributed by atoms with Gasteiger partial charge in [-0.1, -0.05) is 0 Å². The number of hydrogen-bond donors (Lipinski definition) is 0. The van der Waals surface area contributed by atoms with Crippen LogP contribution in [0, 0.1) is 11.7 Å². The molecule has 1 aromatic carbocycles. The molecule has 2 heterocycles. The van der Waals surface area contributed by atoms with Crippen molar-refractivity contribution in [3.05, 3.63) is 30.1 Å². The molecular formula is C19H27FN2O5S. The second-order valence-electron chi connectivity index (χ2n) is 7.24. The fourth-order valence-electron chi connectivity index (χ4n) is 3.63. The Morgan fingerprint density at radius 3 is 2.61 bits per heavy atom. The highest BCUT2D eigenvalue weighted by atomic mass is 32.2. The van der Waals surface area contributed by atoms with Gasteiger partial charge in [0.2, 0.25) is 15.9 Å². The van der Waals surface area contributed by atoms with Crippen molar-refractivity contribution in [2.24, 2.45) is 5.92 Å². The lowest BCUT2D eigenvalue weighted by Crippen LogP contribution is -2.44. The fourth-order valence-corrected chi connectivity index (χ4v) is 4.83. The van der Waals surface area contributed by atoms with Crippen LogP contribution in [0.5, 0.6) is 0 Å². The summed E-state index contributed by atoms with van der Waals surface area (Å²) in [6, 6.07) is 4.73. The summed E-state index contributed by atoms with van der Waals surface area (Å²) in [5.74, 6) is -0.266. The molecule has 0 saturated carbocycles. The van der Waals surface area contributed by atoms with Crippen LogP contribution in [0.15, 0.2) is 29.2 Å². The molecule has 1 unspecified atom stereocenters. The molecule has 9 heteroatoms. The van der Waals surface area contributed by atoms with Crippen molar-refractivity contribution >= 4 is 15.9 Å². The maximum absolute atomic E-state index is 13.0. The lowest BCUT2D eigenvalue weighted by atomic mass is 9.97. The van der Waals surface area contributed by atoms with Crippen LogP contribution in [0.3, 0.4) is 0 Å². The first-order valence-electron chi connectivity index (χ1n) is 9.61. The molecule has 0 radical (unpaired) electrons. The highest BCUT2D eigenvalue weighted by Crippen LogP contribution is 2.25. The minimum atomic E-state index is -3.69. The van der Waals surface area contributed by atoms with Crippen molar-refractivity contribution in [2.75, 3.05) is 39.9 Å². The zero-order valence-corrected chi connectivity index (χ0v) is 16.9. The predicted molar refractivity (Wildman–Crippen MR) is 100 cm³/mol. The molecule has 3 rings (SSSR count). The fraction of sp³-hybridized carbons (Fsp3) is 0.632. The normalized spacial score (nSPS) is 21.4. The SMILES string of the molecule is CN(CCCC(=O)N1CCCC(C2OCCO2)C1)S(=O)(=O)c1ccc(F)cc1. The van der Waals surface area contributed by atoms with Gasteiger partial charge in [-0.25, -0.2) is 17.1 Å². The van der Waals surface area contributed by atoms with Crippen LogP contribution in [0.25, 0.3) is 0 Å². The summed E-state index contributed by atoms with van der Waals surface area (Å²) >= 11 is 0. The number of carbonyl (C=O) groups excluding carboxylic acids is 1. The maximum Gasteiger partial charge on any atom is 0.242 e. The Balaban J connectivity index is 1.47. The zero-order valence-electron chi connectivity index (χ0n) is 16.0. The number of rotatable bonds is 7. The van der Waals surface area contributed by atoms with Crippen molar-refractivity contribution < 1.29 is 27.1 Å². The van der Waals surface area contributed by atoms with Crippen LogP contribution < -0.4 is 0 Å². The molecule has 2 saturated heterocycles. The van der Waals surface area contributed by atoms with Crippen molar-refractivity contribution in [3.63, 3.8) is 0 Å². The number of benzene rings is 1. The molecule has 0 aromatic heterocycles. The largest absolute Gasteiger partial charge is 0.350 e. The van der Waals surface area contributed by atoms with E-state index in [2.05, 4.69) is 0 Å². The molecule has 2 fully saturated rings. The van der Waals surface area contributed by atoms with Crippen LogP contribution in [0.4, 0.5) is 4.39 Å². The molecule has 28 heavy (non-hydrogen) atoms. The van der Waals surface area contributed by atoms with E-state index in [0.29, 0.717) is 32.7 Å². The van der Waals surface area contributed by atoms with Gasteiger partial charge in [-0.15, -0.1) is 0 Å². The van der Waals surface area contributed by atoms with Crippen molar-refractivity contribution in [3.8, 4) is 0 Å². The van der Waals surface area contributed by atoms with Gasteiger partial charge in [-0.3, -0.25) is 4.79 Å². The Hall–Kier alpha value is -1.55. The summed E-state index contributed by atoms with van der Waals surface area (Å²) in [5.41, 5.74) is 0. The third-order valence-electron chi connectivity index (χ3n) is 5.23. The van der Waals surface area contributed by atoms with Crippen molar-refractivity contribution in [1.29, 1.82) is 0 Å². The van der Waals surface area contributed by atoms with Gasteiger partial charge in [0.15, 0.2) is 6.29 Å². The number of sulfonamides is 1. The van der Waals surface area contributed by atoms with E-state index in [1.165, 1.54) is 23.5 Å². The van der Waals surface area contributed by atoms with E-state index in [1.807, 2.05) is 4.90 Å². The molecule has 2 aliphatic rings. The summed E-state index contributed by atoms with van der Waals surface area (Å²) in [6.07, 6.45) is 2.38. The summed E-state index contributed by atoms with van der Waals surface area (Å²) < 4.78 is 50.3. The standard InChI is InChI=1S/C19H27FN2O5S/c1-21(28(24,25)17-8-6-16(20)7-9-17)10-3-5-18(23)22-11-2-4-15(14-22)19-26-12-13-27-19/h6-9,15,19H,2-5,10-14H2,1H3. The third-order valence-corrected chi connectivity index (χ3v) is 7.10. The van der Waals surface area contributed by atoms with E-state index in [9.17, 15) is 17.6 Å². The van der Waals surface area contributed by atoms with E-state index >= 15 is 0 Å². The van der Waals surface area contributed by atoms with Gasteiger partial charge in [-0.05, 0) is 43.5 Å². The number of piperidine rings is 1. The first-order valence-corrected chi connectivity index (χ1v) is 11.0. The summed E-state index contributed by atoms with van der Waals surface area (Å²) in [4.78, 5) is 14.4. The van der Waals surface area contributed by atoms with E-state index in [-0.39, 0.29) is 36.0 Å². The first-order chi connectivity index (χ1) is 13.4. The topological polar surface area (TPSA) is 76.2 Å². The number of carbonyl (C=O) groups is 1. The van der Waals surface area contributed by atoms with Gasteiger partial charge in [0.25, 0.3) is 0 Å². The summed E-state index contributed by atoms with van der Waals surface area (Å²) in [7, 11) is -2.22. The predicted octanol–water partition coefficient (Wildman–Crippen LogP) is 1.84. The Kier molecular flexibility index (Phi) is 7.03. The zero-order chi connectivity index (χ0) is 20.1. The highest BCUT2D eigenvalue weighted by Gasteiger charge is 2.32. The number of likely N-dealkylation sites (tertiary alicyclic amines) is 1. The second-order valence-corrected chi connectivity index (χ2v) is 9.28. The monoisotopic (exact) mass is 414 g/mol. The number of hydrogen-bond acceptors (Lipinski definition) is 5. The van der Waals surface area contributed by atoms with Gasteiger partial charge < -0.3 is 14.4 Å². The number of amides is 1. The van der Waals surface area contributed by atoms with E-state index in [4.69, 9.17) is 9.47 Å². The molecule has 1 atom stereocenters. The maximum atomic E-state index is 13.0. The van der Waals surface area contributed by atoms with Crippen LogP contribution in [-0.2, 0) is 24.3 Å². The van der Waals surface area contributed by atoms with Crippen molar-refractivity contribution in [1.82, 2.24) is 9.21 Å². The average molecular weight is 414 g/mol. The van der Waals surface area contributed by atoms with Gasteiger partial charge >= 0.3 is 0 Å². The molecule has 0 aliphatic carbocycles. The molecule has 0 N–H and O–H groups in total. The molecule has 7 nitrogen and oxygen atoms in total. The average Bonchev–Trinajstić information content (AvgIpc) is 3.23. The van der Waals surface area contributed by atoms with Gasteiger partial charge in [0.05, 0.1) is 18.1 Å². The third kappa shape index (κ3) is 5.08. The molecule has 0 spiro atoms. The number of ether oxygens (including phenoxy) is 2. The number of nitrogens with zero attached hydrogens (tertiary/aromatic N) is 2. The minimum absolute atomic E-state index is 0.0234. The van der Waals surface area contributed by atoms with Crippen LogP contribution >= 0.6 is 0 Å². The molecule has 156 valence electrons. The summed E-state index contributed by atoms with van der Waals surface area (Å²) in [5, 5.41) is 0. The molecule has 0 bridgehead atoms. The van der Waals surface area contributed by atoms with E-state index < -0.39 is 15.8 Å². The Bertz CT molecular complexity index is 765. The van der Waals surface area contributed by atoms with E-state index in [0.717, 1.165) is 25.0 Å². The van der Waals surface area contributed by atoms with Gasteiger partial charge in [-0.2, -0.15) is 0 Å². The number of halogens is 1. The quantitative estimate of drug-likeness (QED) is 0.681. The Morgan fingerprint density at radius 1 is 1.25 bits per heavy atom. The lowest BCUT2D eigenvalue weighted by Gasteiger charge is -2.34. The van der Waals surface area contributed by atoms with Crippen LogP contribution in [0.2, 0.25) is 0 Å². The first kappa shape index (κ1) is 21.2. The van der Waals surface area contributed by atoms with Crippen molar-refractivity contribution in [2.45, 2.75) is 36.9 Å². The summed E-state index contributed by atoms with van der Waals surface area (Å²) in [6.45, 7) is 2.75. The highest BCUT2D eigenvalue weighted by molar-refractivity contribution is 7.89.